The van der Waals surface area contributed by atoms with Gasteiger partial charge >= 0.3 is 0 Å². The molecule has 0 radical (unpaired) electrons. The maximum absolute atomic E-state index is 13.1. The molecule has 0 bridgehead atoms. The molecule has 1 N–H and O–H groups in total. The van der Waals surface area contributed by atoms with Gasteiger partial charge in [0.25, 0.3) is 10.0 Å². The van der Waals surface area contributed by atoms with Crippen molar-refractivity contribution in [2.24, 2.45) is 0 Å². The molecule has 2 aromatic rings. The number of aliphatic hydroxyl groups is 1. The van der Waals surface area contributed by atoms with Crippen molar-refractivity contribution in [1.29, 1.82) is 0 Å². The molecule has 134 valence electrons. The first kappa shape index (κ1) is 17.8. The Kier molecular flexibility index (Phi) is 4.75. The first-order valence-electron chi connectivity index (χ1n) is 8.37. The van der Waals surface area contributed by atoms with Crippen LogP contribution in [0.4, 0.5) is 5.69 Å². The Hall–Kier alpha value is -2.05. The van der Waals surface area contributed by atoms with Gasteiger partial charge in [0, 0.05) is 12.1 Å². The minimum absolute atomic E-state index is 0.0283. The van der Waals surface area contributed by atoms with E-state index in [9.17, 15) is 13.5 Å². The molecule has 3 rings (SSSR count). The molecule has 1 aliphatic heterocycles. The summed E-state index contributed by atoms with van der Waals surface area (Å²) in [7, 11) is -3.70. The highest BCUT2D eigenvalue weighted by molar-refractivity contribution is 7.92. The SMILES string of the molecule is Cc1cccc2c1N(S(=O)(=O)c1ccc(OC(C)C)cc1)CCC2O. The predicted octanol–water partition coefficient (Wildman–Crippen LogP) is 3.41. The zero-order chi connectivity index (χ0) is 18.2. The lowest BCUT2D eigenvalue weighted by molar-refractivity contribution is 0.166. The summed E-state index contributed by atoms with van der Waals surface area (Å²) in [4.78, 5) is 0.217. The maximum Gasteiger partial charge on any atom is 0.264 e. The van der Waals surface area contributed by atoms with Crippen LogP contribution in [0.15, 0.2) is 47.4 Å². The molecular weight excluding hydrogens is 338 g/mol. The van der Waals surface area contributed by atoms with Gasteiger partial charge in [-0.15, -0.1) is 0 Å². The van der Waals surface area contributed by atoms with Gasteiger partial charge in [0.15, 0.2) is 0 Å². The molecular formula is C19H23NO4S. The average molecular weight is 361 g/mol. The topological polar surface area (TPSA) is 66.8 Å². The second kappa shape index (κ2) is 6.69. The standard InChI is InChI=1S/C19H23NO4S/c1-13(2)24-15-7-9-16(10-8-15)25(22,23)20-12-11-18(21)17-6-4-5-14(3)19(17)20/h4-10,13,18,21H,11-12H2,1-3H3. The van der Waals surface area contributed by atoms with Gasteiger partial charge in [-0.05, 0) is 57.0 Å². The van der Waals surface area contributed by atoms with Gasteiger partial charge in [-0.1, -0.05) is 18.2 Å². The number of aryl methyl sites for hydroxylation is 1. The zero-order valence-corrected chi connectivity index (χ0v) is 15.5. The number of anilines is 1. The normalized spacial score (nSPS) is 17.5. The number of nitrogens with zero attached hydrogens (tertiary/aromatic N) is 1. The molecule has 0 fully saturated rings. The quantitative estimate of drug-likeness (QED) is 0.906. The second-order valence-corrected chi connectivity index (χ2v) is 8.39. The van der Waals surface area contributed by atoms with Crippen LogP contribution >= 0.6 is 0 Å². The minimum atomic E-state index is -3.70. The van der Waals surface area contributed by atoms with Crippen molar-refractivity contribution >= 4 is 15.7 Å². The third kappa shape index (κ3) is 3.37. The van der Waals surface area contributed by atoms with Gasteiger partial charge in [-0.2, -0.15) is 0 Å². The molecule has 0 aliphatic carbocycles. The van der Waals surface area contributed by atoms with E-state index in [2.05, 4.69) is 0 Å². The monoisotopic (exact) mass is 361 g/mol. The van der Waals surface area contributed by atoms with Crippen molar-refractivity contribution in [3.8, 4) is 5.75 Å². The Bertz CT molecular complexity index is 859. The molecule has 1 heterocycles. The van der Waals surface area contributed by atoms with E-state index in [4.69, 9.17) is 4.74 Å². The number of rotatable bonds is 4. The summed E-state index contributed by atoms with van der Waals surface area (Å²) in [5, 5.41) is 10.2. The summed E-state index contributed by atoms with van der Waals surface area (Å²) in [5.74, 6) is 0.639. The first-order valence-corrected chi connectivity index (χ1v) is 9.81. The molecule has 0 amide bonds. The lowest BCUT2D eigenvalue weighted by Gasteiger charge is -2.34. The van der Waals surface area contributed by atoms with E-state index in [0.717, 1.165) is 5.56 Å². The van der Waals surface area contributed by atoms with Crippen molar-refractivity contribution < 1.29 is 18.3 Å². The molecule has 0 saturated heterocycles. The molecule has 2 aromatic carbocycles. The second-order valence-electron chi connectivity index (χ2n) is 6.53. The van der Waals surface area contributed by atoms with Crippen LogP contribution in [0.1, 0.15) is 37.5 Å². The molecule has 0 saturated carbocycles. The molecule has 1 unspecified atom stereocenters. The van der Waals surface area contributed by atoms with Crippen molar-refractivity contribution in [3.63, 3.8) is 0 Å². The summed E-state index contributed by atoms with van der Waals surface area (Å²) < 4.78 is 33.3. The fraction of sp³-hybridized carbons (Fsp3) is 0.368. The van der Waals surface area contributed by atoms with Gasteiger partial charge in [0.05, 0.1) is 22.8 Å². The highest BCUT2D eigenvalue weighted by Gasteiger charge is 2.33. The van der Waals surface area contributed by atoms with E-state index < -0.39 is 16.1 Å². The third-order valence-electron chi connectivity index (χ3n) is 4.27. The first-order chi connectivity index (χ1) is 11.8. The van der Waals surface area contributed by atoms with Crippen molar-refractivity contribution in [1.82, 2.24) is 0 Å². The lowest BCUT2D eigenvalue weighted by atomic mass is 9.98. The van der Waals surface area contributed by atoms with E-state index >= 15 is 0 Å². The molecule has 0 aromatic heterocycles. The Morgan fingerprint density at radius 1 is 1.16 bits per heavy atom. The number of ether oxygens (including phenoxy) is 1. The molecule has 0 spiro atoms. The van der Waals surface area contributed by atoms with Crippen LogP contribution in [0.3, 0.4) is 0 Å². The molecule has 1 aliphatic rings. The van der Waals surface area contributed by atoms with E-state index in [1.807, 2.05) is 32.9 Å². The van der Waals surface area contributed by atoms with Crippen LogP contribution in [-0.4, -0.2) is 26.2 Å². The van der Waals surface area contributed by atoms with Crippen molar-refractivity contribution in [2.45, 2.75) is 44.3 Å². The average Bonchev–Trinajstić information content (AvgIpc) is 2.56. The zero-order valence-electron chi connectivity index (χ0n) is 14.6. The van der Waals surface area contributed by atoms with Gasteiger partial charge in [-0.25, -0.2) is 8.42 Å². The largest absolute Gasteiger partial charge is 0.491 e. The number of fused-ring (bicyclic) bond motifs is 1. The van der Waals surface area contributed by atoms with Crippen LogP contribution < -0.4 is 9.04 Å². The Morgan fingerprint density at radius 3 is 2.48 bits per heavy atom. The highest BCUT2D eigenvalue weighted by Crippen LogP contribution is 2.39. The Balaban J connectivity index is 2.00. The van der Waals surface area contributed by atoms with Gasteiger partial charge in [-0.3, -0.25) is 4.31 Å². The van der Waals surface area contributed by atoms with Crippen LogP contribution in [0.5, 0.6) is 5.75 Å². The minimum Gasteiger partial charge on any atom is -0.491 e. The third-order valence-corrected chi connectivity index (χ3v) is 6.08. The van der Waals surface area contributed by atoms with Gasteiger partial charge in [0.2, 0.25) is 0 Å². The van der Waals surface area contributed by atoms with Crippen LogP contribution in [0.25, 0.3) is 0 Å². The van der Waals surface area contributed by atoms with E-state index in [1.165, 1.54) is 4.31 Å². The van der Waals surface area contributed by atoms with Crippen LogP contribution in [-0.2, 0) is 10.0 Å². The Labute approximate surface area is 148 Å². The van der Waals surface area contributed by atoms with Crippen LogP contribution in [0.2, 0.25) is 0 Å². The summed E-state index contributed by atoms with van der Waals surface area (Å²) in [6.45, 7) is 5.96. The van der Waals surface area contributed by atoms with E-state index in [0.29, 0.717) is 23.4 Å². The fourth-order valence-electron chi connectivity index (χ4n) is 3.13. The van der Waals surface area contributed by atoms with Gasteiger partial charge < -0.3 is 9.84 Å². The summed E-state index contributed by atoms with van der Waals surface area (Å²) >= 11 is 0. The lowest BCUT2D eigenvalue weighted by Crippen LogP contribution is -2.37. The van der Waals surface area contributed by atoms with Crippen molar-refractivity contribution in [3.05, 3.63) is 53.6 Å². The van der Waals surface area contributed by atoms with E-state index in [-0.39, 0.29) is 17.5 Å². The fourth-order valence-corrected chi connectivity index (χ4v) is 4.70. The number of benzene rings is 2. The number of sulfonamides is 1. The molecule has 5 nitrogen and oxygen atoms in total. The summed E-state index contributed by atoms with van der Waals surface area (Å²) in [6, 6.07) is 12.0. The number of hydrogen-bond donors (Lipinski definition) is 1. The van der Waals surface area contributed by atoms with Crippen molar-refractivity contribution in [2.75, 3.05) is 10.8 Å². The predicted molar refractivity (Wildman–Crippen MR) is 97.5 cm³/mol. The number of para-hydroxylation sites is 1. The summed E-state index contributed by atoms with van der Waals surface area (Å²) in [5.41, 5.74) is 2.08. The molecule has 25 heavy (non-hydrogen) atoms. The molecule has 6 heteroatoms. The maximum atomic E-state index is 13.1. The Morgan fingerprint density at radius 2 is 1.84 bits per heavy atom. The van der Waals surface area contributed by atoms with Crippen LogP contribution in [0, 0.1) is 6.92 Å². The van der Waals surface area contributed by atoms with Gasteiger partial charge in [0.1, 0.15) is 5.75 Å². The number of hydrogen-bond acceptors (Lipinski definition) is 4. The summed E-state index contributed by atoms with van der Waals surface area (Å²) in [6.07, 6.45) is -0.228. The highest BCUT2D eigenvalue weighted by atomic mass is 32.2. The smallest absolute Gasteiger partial charge is 0.264 e. The van der Waals surface area contributed by atoms with E-state index in [1.54, 1.807) is 30.3 Å². The number of aliphatic hydroxyl groups excluding tert-OH is 1. The molecule has 1 atom stereocenters.